The molecule has 13 heavy (non-hydrogen) atoms. The van der Waals surface area contributed by atoms with Gasteiger partial charge in [-0.3, -0.25) is 0 Å². The number of nitrogens with two attached hydrogens (primary N) is 1. The zero-order valence-corrected chi connectivity index (χ0v) is 8.98. The van der Waals surface area contributed by atoms with Gasteiger partial charge in [-0.05, 0) is 17.7 Å². The topological polar surface area (TPSA) is 35.2 Å². The van der Waals surface area contributed by atoms with Crippen molar-refractivity contribution in [3.05, 3.63) is 28.8 Å². The van der Waals surface area contributed by atoms with E-state index >= 15 is 0 Å². The van der Waals surface area contributed by atoms with Gasteiger partial charge in [-0.1, -0.05) is 17.7 Å². The number of methoxy groups -OCH3 is 1. The van der Waals surface area contributed by atoms with E-state index in [2.05, 4.69) is 12.6 Å². The number of benzene rings is 1. The van der Waals surface area contributed by atoms with Gasteiger partial charge in [0.2, 0.25) is 0 Å². The van der Waals surface area contributed by atoms with Crippen LogP contribution in [-0.2, 0) is 0 Å². The second-order valence-electron chi connectivity index (χ2n) is 2.68. The lowest BCUT2D eigenvalue weighted by Gasteiger charge is -2.10. The summed E-state index contributed by atoms with van der Waals surface area (Å²) in [6.45, 7) is 0. The minimum atomic E-state index is -0.0771. The molecule has 4 heteroatoms. The number of hydrogen-bond donors (Lipinski definition) is 2. The Labute approximate surface area is 88.4 Å². The lowest BCUT2D eigenvalue weighted by molar-refractivity contribution is 0.415. The van der Waals surface area contributed by atoms with Crippen molar-refractivity contribution in [3.8, 4) is 5.75 Å². The molecule has 0 aromatic heterocycles. The summed E-state index contributed by atoms with van der Waals surface area (Å²) in [6, 6.07) is 5.43. The van der Waals surface area contributed by atoms with Crippen molar-refractivity contribution in [1.82, 2.24) is 0 Å². The highest BCUT2D eigenvalue weighted by atomic mass is 35.5. The van der Waals surface area contributed by atoms with Crippen molar-refractivity contribution in [3.63, 3.8) is 0 Å². The maximum Gasteiger partial charge on any atom is 0.137 e. The summed E-state index contributed by atoms with van der Waals surface area (Å²) in [5.74, 6) is 1.26. The normalized spacial score (nSPS) is 12.6. The van der Waals surface area contributed by atoms with E-state index < -0.39 is 0 Å². The van der Waals surface area contributed by atoms with Gasteiger partial charge in [0.25, 0.3) is 0 Å². The lowest BCUT2D eigenvalue weighted by Crippen LogP contribution is -2.11. The monoisotopic (exact) mass is 217 g/mol. The van der Waals surface area contributed by atoms with Crippen LogP contribution in [0.15, 0.2) is 18.2 Å². The van der Waals surface area contributed by atoms with Gasteiger partial charge in [0.05, 0.1) is 12.1 Å². The molecule has 0 aliphatic rings. The fourth-order valence-corrected chi connectivity index (χ4v) is 1.50. The summed E-state index contributed by atoms with van der Waals surface area (Å²) < 4.78 is 5.02. The van der Waals surface area contributed by atoms with E-state index in [0.717, 1.165) is 5.56 Å². The Bertz CT molecular complexity index is 293. The largest absolute Gasteiger partial charge is 0.495 e. The predicted molar refractivity (Wildman–Crippen MR) is 58.8 cm³/mol. The Morgan fingerprint density at radius 1 is 1.62 bits per heavy atom. The first-order valence-corrected chi connectivity index (χ1v) is 4.90. The number of ether oxygens (including phenoxy) is 1. The van der Waals surface area contributed by atoms with Crippen LogP contribution in [0.1, 0.15) is 11.6 Å². The molecule has 1 aromatic rings. The van der Waals surface area contributed by atoms with Crippen molar-refractivity contribution in [2.75, 3.05) is 12.9 Å². The molecule has 0 saturated carbocycles. The van der Waals surface area contributed by atoms with Crippen LogP contribution < -0.4 is 10.5 Å². The molecule has 0 bridgehead atoms. The molecule has 0 spiro atoms. The van der Waals surface area contributed by atoms with Crippen LogP contribution in [0.5, 0.6) is 5.75 Å². The first-order chi connectivity index (χ1) is 6.19. The van der Waals surface area contributed by atoms with E-state index in [9.17, 15) is 0 Å². The molecule has 0 fully saturated rings. The summed E-state index contributed by atoms with van der Waals surface area (Å²) >= 11 is 10.0. The highest BCUT2D eigenvalue weighted by Gasteiger charge is 2.06. The minimum Gasteiger partial charge on any atom is -0.495 e. The molecule has 1 rings (SSSR count). The number of halogens is 1. The van der Waals surface area contributed by atoms with Gasteiger partial charge in [0, 0.05) is 11.8 Å². The van der Waals surface area contributed by atoms with Gasteiger partial charge in [0.1, 0.15) is 5.75 Å². The summed E-state index contributed by atoms with van der Waals surface area (Å²) in [5.41, 5.74) is 6.75. The van der Waals surface area contributed by atoms with E-state index in [1.807, 2.05) is 6.07 Å². The average Bonchev–Trinajstić information content (AvgIpc) is 2.16. The molecule has 1 aromatic carbocycles. The average molecular weight is 218 g/mol. The van der Waals surface area contributed by atoms with Gasteiger partial charge in [0.15, 0.2) is 0 Å². The second-order valence-corrected chi connectivity index (χ2v) is 3.46. The fraction of sp³-hybridized carbons (Fsp3) is 0.333. The molecule has 1 atom stereocenters. The summed E-state index contributed by atoms with van der Waals surface area (Å²) in [6.07, 6.45) is 0. The second kappa shape index (κ2) is 4.74. The highest BCUT2D eigenvalue weighted by molar-refractivity contribution is 7.80. The van der Waals surface area contributed by atoms with Gasteiger partial charge in [-0.25, -0.2) is 0 Å². The van der Waals surface area contributed by atoms with Crippen molar-refractivity contribution in [2.24, 2.45) is 5.73 Å². The Balaban J connectivity index is 2.95. The van der Waals surface area contributed by atoms with Crippen molar-refractivity contribution in [2.45, 2.75) is 6.04 Å². The number of rotatable bonds is 3. The molecule has 0 aliphatic carbocycles. The van der Waals surface area contributed by atoms with Gasteiger partial charge < -0.3 is 10.5 Å². The standard InChI is InChI=1S/C9H12ClNOS/c1-12-9-3-2-6(4-7(9)10)8(11)5-13/h2-4,8,13H,5,11H2,1H3. The molecule has 1 unspecified atom stereocenters. The third-order valence-electron chi connectivity index (χ3n) is 1.80. The molecule has 0 saturated heterocycles. The molecule has 2 N–H and O–H groups in total. The lowest BCUT2D eigenvalue weighted by atomic mass is 10.1. The van der Waals surface area contributed by atoms with E-state index in [-0.39, 0.29) is 6.04 Å². The van der Waals surface area contributed by atoms with Crippen LogP contribution in [0.4, 0.5) is 0 Å². The van der Waals surface area contributed by atoms with E-state index in [1.54, 1.807) is 19.2 Å². The smallest absolute Gasteiger partial charge is 0.137 e. The molecule has 72 valence electrons. The first-order valence-electron chi connectivity index (χ1n) is 3.89. The zero-order valence-electron chi connectivity index (χ0n) is 7.33. The zero-order chi connectivity index (χ0) is 9.84. The Morgan fingerprint density at radius 3 is 2.77 bits per heavy atom. The van der Waals surface area contributed by atoms with Gasteiger partial charge >= 0.3 is 0 Å². The molecular formula is C9H12ClNOS. The predicted octanol–water partition coefficient (Wildman–Crippen LogP) is 2.28. The van der Waals surface area contributed by atoms with Gasteiger partial charge in [-0.2, -0.15) is 12.6 Å². The molecule has 0 radical (unpaired) electrons. The van der Waals surface area contributed by atoms with Crippen molar-refractivity contribution < 1.29 is 4.74 Å². The maximum atomic E-state index is 5.93. The number of hydrogen-bond acceptors (Lipinski definition) is 3. The quantitative estimate of drug-likeness (QED) is 0.762. The summed E-state index contributed by atoms with van der Waals surface area (Å²) in [5, 5.41) is 0.581. The van der Waals surface area contributed by atoms with E-state index in [4.69, 9.17) is 22.1 Å². The number of thiol groups is 1. The summed E-state index contributed by atoms with van der Waals surface area (Å²) in [4.78, 5) is 0. The maximum absolute atomic E-state index is 5.93. The van der Waals surface area contributed by atoms with Crippen LogP contribution in [0.3, 0.4) is 0 Å². The van der Waals surface area contributed by atoms with Crippen LogP contribution in [-0.4, -0.2) is 12.9 Å². The Hall–Kier alpha value is -0.380. The first kappa shape index (κ1) is 10.7. The van der Waals surface area contributed by atoms with E-state index in [1.165, 1.54) is 0 Å². The summed E-state index contributed by atoms with van der Waals surface area (Å²) in [7, 11) is 1.58. The Morgan fingerprint density at radius 2 is 2.31 bits per heavy atom. The van der Waals surface area contributed by atoms with Crippen molar-refractivity contribution in [1.29, 1.82) is 0 Å². The third kappa shape index (κ3) is 2.53. The molecule has 0 aliphatic heterocycles. The van der Waals surface area contributed by atoms with Crippen molar-refractivity contribution >= 4 is 24.2 Å². The fourth-order valence-electron chi connectivity index (χ4n) is 1.02. The van der Waals surface area contributed by atoms with Crippen LogP contribution in [0.2, 0.25) is 5.02 Å². The SMILES string of the molecule is COc1ccc(C(N)CS)cc1Cl. The van der Waals surface area contributed by atoms with Crippen LogP contribution >= 0.6 is 24.2 Å². The molecular weight excluding hydrogens is 206 g/mol. The highest BCUT2D eigenvalue weighted by Crippen LogP contribution is 2.27. The molecule has 0 heterocycles. The minimum absolute atomic E-state index is 0.0771. The Kier molecular flexibility index (Phi) is 3.90. The van der Waals surface area contributed by atoms with Crippen LogP contribution in [0.25, 0.3) is 0 Å². The van der Waals surface area contributed by atoms with Gasteiger partial charge in [-0.15, -0.1) is 0 Å². The third-order valence-corrected chi connectivity index (χ3v) is 2.49. The van der Waals surface area contributed by atoms with E-state index in [0.29, 0.717) is 16.5 Å². The molecule has 2 nitrogen and oxygen atoms in total. The van der Waals surface area contributed by atoms with Crippen LogP contribution in [0, 0.1) is 0 Å². The molecule has 0 amide bonds.